The average molecular weight is 365 g/mol. The molecule has 0 bridgehead atoms. The maximum Gasteiger partial charge on any atom is 0.245 e. The minimum Gasteiger partial charge on any atom is -0.396 e. The van der Waals surface area contributed by atoms with Crippen LogP contribution < -0.4 is 0 Å². The van der Waals surface area contributed by atoms with Crippen LogP contribution in [0.1, 0.15) is 11.5 Å². The molecule has 3 aromatic rings. The number of aliphatic hydroxyl groups excluding tert-OH is 1. The van der Waals surface area contributed by atoms with Gasteiger partial charge in [-0.1, -0.05) is 6.07 Å². The SMILES string of the molecule is O=S(=O)(c1cccc2nonc12)N1CC(CO)C(c2ccsc2)C1. The molecule has 24 heavy (non-hydrogen) atoms. The molecule has 2 aromatic heterocycles. The summed E-state index contributed by atoms with van der Waals surface area (Å²) < 4.78 is 32.2. The van der Waals surface area contributed by atoms with Crippen LogP contribution in [0.2, 0.25) is 0 Å². The Morgan fingerprint density at radius 3 is 2.92 bits per heavy atom. The molecule has 0 aliphatic carbocycles. The molecule has 0 spiro atoms. The van der Waals surface area contributed by atoms with Gasteiger partial charge < -0.3 is 5.11 Å². The number of aliphatic hydroxyl groups is 1. The molecule has 0 saturated carbocycles. The van der Waals surface area contributed by atoms with Crippen molar-refractivity contribution in [3.05, 3.63) is 40.6 Å². The van der Waals surface area contributed by atoms with Crippen molar-refractivity contribution in [2.24, 2.45) is 5.92 Å². The summed E-state index contributed by atoms with van der Waals surface area (Å²) in [6, 6.07) is 6.76. The largest absolute Gasteiger partial charge is 0.396 e. The molecule has 3 heterocycles. The minimum absolute atomic E-state index is 0.00865. The van der Waals surface area contributed by atoms with Crippen LogP contribution >= 0.6 is 11.3 Å². The van der Waals surface area contributed by atoms with Crippen molar-refractivity contribution < 1.29 is 18.2 Å². The maximum atomic E-state index is 13.1. The zero-order valence-corrected chi connectivity index (χ0v) is 14.2. The molecule has 2 unspecified atom stereocenters. The predicted molar refractivity (Wildman–Crippen MR) is 88.2 cm³/mol. The fourth-order valence-corrected chi connectivity index (χ4v) is 5.59. The van der Waals surface area contributed by atoms with Crippen molar-refractivity contribution in [2.75, 3.05) is 19.7 Å². The highest BCUT2D eigenvalue weighted by atomic mass is 32.2. The lowest BCUT2D eigenvalue weighted by atomic mass is 9.92. The predicted octanol–water partition coefficient (Wildman–Crippen LogP) is 1.68. The first-order chi connectivity index (χ1) is 11.6. The molecule has 0 amide bonds. The van der Waals surface area contributed by atoms with Gasteiger partial charge in [0.25, 0.3) is 0 Å². The standard InChI is InChI=1S/C15H15N3O4S2/c19-8-11-6-18(7-12(11)10-4-5-23-9-10)24(20,21)14-3-1-2-13-15(14)17-22-16-13/h1-5,9,11-12,19H,6-8H2. The molecule has 1 fully saturated rings. The van der Waals surface area contributed by atoms with Crippen molar-refractivity contribution in [1.29, 1.82) is 0 Å². The number of aromatic nitrogens is 2. The maximum absolute atomic E-state index is 13.1. The number of hydrogen-bond donors (Lipinski definition) is 1. The van der Waals surface area contributed by atoms with Crippen LogP contribution in [0.5, 0.6) is 0 Å². The lowest BCUT2D eigenvalue weighted by molar-refractivity contribution is 0.223. The van der Waals surface area contributed by atoms with Gasteiger partial charge in [-0.25, -0.2) is 13.0 Å². The first-order valence-corrected chi connectivity index (χ1v) is 9.84. The van der Waals surface area contributed by atoms with E-state index < -0.39 is 10.0 Å². The summed E-state index contributed by atoms with van der Waals surface area (Å²) in [4.78, 5) is 0.0870. The van der Waals surface area contributed by atoms with E-state index in [1.54, 1.807) is 23.5 Å². The van der Waals surface area contributed by atoms with Crippen molar-refractivity contribution >= 4 is 32.4 Å². The second kappa shape index (κ2) is 5.92. The average Bonchev–Trinajstić information content (AvgIpc) is 3.31. The lowest BCUT2D eigenvalue weighted by Crippen LogP contribution is -2.29. The summed E-state index contributed by atoms with van der Waals surface area (Å²) in [7, 11) is -3.74. The fourth-order valence-electron chi connectivity index (χ4n) is 3.21. The Morgan fingerprint density at radius 1 is 1.29 bits per heavy atom. The number of benzene rings is 1. The summed E-state index contributed by atoms with van der Waals surface area (Å²) >= 11 is 1.57. The second-order valence-corrected chi connectivity index (χ2v) is 8.50. The molecule has 7 nitrogen and oxygen atoms in total. The number of sulfonamides is 1. The van der Waals surface area contributed by atoms with E-state index in [2.05, 4.69) is 14.9 Å². The minimum atomic E-state index is -3.74. The highest BCUT2D eigenvalue weighted by Gasteiger charge is 2.40. The summed E-state index contributed by atoms with van der Waals surface area (Å²) in [5.41, 5.74) is 1.71. The Morgan fingerprint density at radius 2 is 2.17 bits per heavy atom. The summed E-state index contributed by atoms with van der Waals surface area (Å²) in [5.74, 6) is -0.130. The van der Waals surface area contributed by atoms with Gasteiger partial charge in [0.15, 0.2) is 5.52 Å². The van der Waals surface area contributed by atoms with Gasteiger partial charge >= 0.3 is 0 Å². The number of hydrogen-bond acceptors (Lipinski definition) is 7. The van der Waals surface area contributed by atoms with Gasteiger partial charge in [0, 0.05) is 31.5 Å². The van der Waals surface area contributed by atoms with Gasteiger partial charge in [-0.15, -0.1) is 0 Å². The number of rotatable bonds is 4. The smallest absolute Gasteiger partial charge is 0.245 e. The molecule has 126 valence electrons. The van der Waals surface area contributed by atoms with Gasteiger partial charge in [-0.2, -0.15) is 15.6 Å². The van der Waals surface area contributed by atoms with E-state index in [9.17, 15) is 13.5 Å². The molecule has 2 atom stereocenters. The van der Waals surface area contributed by atoms with Crippen molar-refractivity contribution in [1.82, 2.24) is 14.6 Å². The Bertz CT molecular complexity index is 952. The number of nitrogens with zero attached hydrogens (tertiary/aromatic N) is 3. The Labute approximate surface area is 142 Å². The van der Waals surface area contributed by atoms with E-state index in [1.807, 2.05) is 16.8 Å². The van der Waals surface area contributed by atoms with Crippen molar-refractivity contribution in [3.8, 4) is 0 Å². The van der Waals surface area contributed by atoms with Gasteiger partial charge in [0.1, 0.15) is 10.4 Å². The van der Waals surface area contributed by atoms with Crippen LogP contribution in [-0.4, -0.2) is 47.8 Å². The Balaban J connectivity index is 1.72. The molecule has 1 N–H and O–H groups in total. The molecule has 1 aliphatic heterocycles. The molecule has 1 saturated heterocycles. The lowest BCUT2D eigenvalue weighted by Gasteiger charge is -2.16. The van der Waals surface area contributed by atoms with Crippen LogP contribution in [0, 0.1) is 5.92 Å². The highest BCUT2D eigenvalue weighted by Crippen LogP contribution is 2.37. The van der Waals surface area contributed by atoms with Gasteiger partial charge in [-0.05, 0) is 44.8 Å². The molecule has 0 radical (unpaired) electrons. The van der Waals surface area contributed by atoms with E-state index in [4.69, 9.17) is 0 Å². The van der Waals surface area contributed by atoms with Crippen LogP contribution in [0.15, 0.2) is 44.6 Å². The first-order valence-electron chi connectivity index (χ1n) is 7.45. The third-order valence-corrected chi connectivity index (χ3v) is 7.04. The molecular weight excluding hydrogens is 350 g/mol. The van der Waals surface area contributed by atoms with E-state index in [1.165, 1.54) is 10.4 Å². The highest BCUT2D eigenvalue weighted by molar-refractivity contribution is 7.89. The summed E-state index contributed by atoms with van der Waals surface area (Å²) in [6.07, 6.45) is 0. The molecule has 1 aromatic carbocycles. The molecule has 1 aliphatic rings. The van der Waals surface area contributed by atoms with Gasteiger partial charge in [-0.3, -0.25) is 0 Å². The third-order valence-electron chi connectivity index (χ3n) is 4.48. The second-order valence-electron chi connectivity index (χ2n) is 5.82. The van der Waals surface area contributed by atoms with Crippen molar-refractivity contribution in [3.63, 3.8) is 0 Å². The van der Waals surface area contributed by atoms with Crippen molar-refractivity contribution in [2.45, 2.75) is 10.8 Å². The van der Waals surface area contributed by atoms with Crippen LogP contribution in [-0.2, 0) is 10.0 Å². The fraction of sp³-hybridized carbons (Fsp3) is 0.333. The zero-order chi connectivity index (χ0) is 16.7. The van der Waals surface area contributed by atoms with Gasteiger partial charge in [0.05, 0.1) is 0 Å². The number of thiophene rings is 1. The monoisotopic (exact) mass is 365 g/mol. The molecule has 9 heteroatoms. The topological polar surface area (TPSA) is 96.5 Å². The molecule has 4 rings (SSSR count). The Kier molecular flexibility index (Phi) is 3.87. The van der Waals surface area contributed by atoms with E-state index >= 15 is 0 Å². The quantitative estimate of drug-likeness (QED) is 0.756. The normalized spacial score (nSPS) is 22.4. The number of fused-ring (bicyclic) bond motifs is 1. The van der Waals surface area contributed by atoms with Crippen LogP contribution in [0.3, 0.4) is 0 Å². The van der Waals surface area contributed by atoms with Crippen LogP contribution in [0.25, 0.3) is 11.0 Å². The molecular formula is C15H15N3O4S2. The van der Waals surface area contributed by atoms with Crippen LogP contribution in [0.4, 0.5) is 0 Å². The summed E-state index contributed by atoms with van der Waals surface area (Å²) in [6.45, 7) is 0.565. The Hall–Kier alpha value is -1.81. The third kappa shape index (κ3) is 2.44. The first kappa shape index (κ1) is 15.7. The van der Waals surface area contributed by atoms with E-state index in [0.29, 0.717) is 12.1 Å². The van der Waals surface area contributed by atoms with E-state index in [0.717, 1.165) is 5.56 Å². The summed E-state index contributed by atoms with van der Waals surface area (Å²) in [5, 5.41) is 21.1. The zero-order valence-electron chi connectivity index (χ0n) is 12.6. The van der Waals surface area contributed by atoms with E-state index in [-0.39, 0.29) is 35.4 Å². The van der Waals surface area contributed by atoms with Gasteiger partial charge in [0.2, 0.25) is 10.0 Å².